The molecule has 2 fully saturated rings. The number of hydrogen-bond acceptors (Lipinski definition) is 3. The van der Waals surface area contributed by atoms with Crippen molar-refractivity contribution in [2.24, 2.45) is 0 Å². The smallest absolute Gasteiger partial charge is 0.337 e. The summed E-state index contributed by atoms with van der Waals surface area (Å²) < 4.78 is 5.68. The number of carboxylic acids is 1. The summed E-state index contributed by atoms with van der Waals surface area (Å²) in [5, 5.41) is 11.8. The third kappa shape index (κ3) is 2.96. The van der Waals surface area contributed by atoms with Gasteiger partial charge in [0, 0.05) is 18.8 Å². The molecule has 21 heavy (non-hydrogen) atoms. The van der Waals surface area contributed by atoms with Crippen LogP contribution in [0.1, 0.15) is 23.2 Å². The van der Waals surface area contributed by atoms with Crippen LogP contribution in [-0.2, 0) is 4.74 Å². The second-order valence-corrected chi connectivity index (χ2v) is 5.70. The maximum absolute atomic E-state index is 12.2. The molecule has 7 heteroatoms. The first-order valence-corrected chi connectivity index (χ1v) is 7.15. The Morgan fingerprint density at radius 3 is 2.52 bits per heavy atom. The maximum Gasteiger partial charge on any atom is 0.337 e. The van der Waals surface area contributed by atoms with E-state index in [0.29, 0.717) is 18.8 Å². The number of nitrogens with one attached hydrogen (secondary N) is 1. The fraction of sp³-hybridized carbons (Fsp3) is 0.429. The third-order valence-electron chi connectivity index (χ3n) is 3.78. The van der Waals surface area contributed by atoms with Gasteiger partial charge in [-0.1, -0.05) is 11.6 Å². The minimum atomic E-state index is -1.09. The van der Waals surface area contributed by atoms with Crippen molar-refractivity contribution in [1.29, 1.82) is 0 Å². The van der Waals surface area contributed by atoms with Gasteiger partial charge in [0.2, 0.25) is 0 Å². The molecule has 2 aliphatic heterocycles. The average molecular weight is 311 g/mol. The Balaban J connectivity index is 1.67. The molecule has 2 amide bonds. The van der Waals surface area contributed by atoms with Crippen LogP contribution in [0.25, 0.3) is 0 Å². The summed E-state index contributed by atoms with van der Waals surface area (Å²) in [6.45, 7) is 1.17. The number of urea groups is 1. The molecule has 2 aliphatic rings. The monoisotopic (exact) mass is 310 g/mol. The average Bonchev–Trinajstić information content (AvgIpc) is 2.77. The highest BCUT2D eigenvalue weighted by Crippen LogP contribution is 2.27. The number of nitrogens with zero attached hydrogens (tertiary/aromatic N) is 1. The predicted molar refractivity (Wildman–Crippen MR) is 76.9 cm³/mol. The first-order valence-electron chi connectivity index (χ1n) is 6.77. The fourth-order valence-corrected chi connectivity index (χ4v) is 3.01. The molecule has 3 rings (SSSR count). The number of halogens is 1. The van der Waals surface area contributed by atoms with Crippen molar-refractivity contribution in [3.05, 3.63) is 28.8 Å². The molecule has 0 radical (unpaired) electrons. The number of carboxylic acid groups (broad SMARTS) is 1. The SMILES string of the molecule is O=C(O)c1ccc(NC(=O)N2CC3CCC(C2)O3)cc1Cl. The van der Waals surface area contributed by atoms with Gasteiger partial charge < -0.3 is 20.1 Å². The number of amides is 2. The first kappa shape index (κ1) is 14.2. The lowest BCUT2D eigenvalue weighted by Crippen LogP contribution is -2.47. The van der Waals surface area contributed by atoms with E-state index >= 15 is 0 Å². The summed E-state index contributed by atoms with van der Waals surface area (Å²) in [6.07, 6.45) is 2.25. The lowest BCUT2D eigenvalue weighted by Gasteiger charge is -2.32. The van der Waals surface area contributed by atoms with Gasteiger partial charge in [-0.3, -0.25) is 0 Å². The van der Waals surface area contributed by atoms with E-state index in [-0.39, 0.29) is 28.8 Å². The third-order valence-corrected chi connectivity index (χ3v) is 4.09. The topological polar surface area (TPSA) is 78.9 Å². The number of aromatic carboxylic acids is 1. The van der Waals surface area contributed by atoms with Crippen LogP contribution in [0.15, 0.2) is 18.2 Å². The molecule has 0 spiro atoms. The van der Waals surface area contributed by atoms with Crippen LogP contribution in [0.3, 0.4) is 0 Å². The zero-order valence-electron chi connectivity index (χ0n) is 11.2. The molecule has 0 aliphatic carbocycles. The second-order valence-electron chi connectivity index (χ2n) is 5.29. The zero-order valence-corrected chi connectivity index (χ0v) is 12.0. The molecule has 6 nitrogen and oxygen atoms in total. The summed E-state index contributed by atoms with van der Waals surface area (Å²) in [6, 6.07) is 4.14. The molecule has 2 saturated heterocycles. The summed E-state index contributed by atoms with van der Waals surface area (Å²) in [7, 11) is 0. The van der Waals surface area contributed by atoms with Crippen LogP contribution in [-0.4, -0.2) is 47.3 Å². The first-order chi connectivity index (χ1) is 10.0. The van der Waals surface area contributed by atoms with Gasteiger partial charge in [-0.25, -0.2) is 9.59 Å². The number of rotatable bonds is 2. The van der Waals surface area contributed by atoms with Gasteiger partial charge >= 0.3 is 12.0 Å². The Morgan fingerprint density at radius 1 is 1.29 bits per heavy atom. The number of carbonyl (C=O) groups excluding carboxylic acids is 1. The number of benzene rings is 1. The molecular weight excluding hydrogens is 296 g/mol. The number of likely N-dealkylation sites (tertiary alicyclic amines) is 1. The highest BCUT2D eigenvalue weighted by Gasteiger charge is 2.35. The van der Waals surface area contributed by atoms with E-state index in [1.54, 1.807) is 4.90 Å². The Hall–Kier alpha value is -1.79. The van der Waals surface area contributed by atoms with Crippen molar-refractivity contribution in [1.82, 2.24) is 4.90 Å². The van der Waals surface area contributed by atoms with Crippen molar-refractivity contribution in [2.75, 3.05) is 18.4 Å². The van der Waals surface area contributed by atoms with E-state index in [4.69, 9.17) is 21.4 Å². The molecule has 1 aromatic rings. The van der Waals surface area contributed by atoms with Crippen LogP contribution in [0.2, 0.25) is 5.02 Å². The van der Waals surface area contributed by atoms with Gasteiger partial charge in [0.1, 0.15) is 0 Å². The number of morpholine rings is 1. The van der Waals surface area contributed by atoms with E-state index < -0.39 is 5.97 Å². The van der Waals surface area contributed by atoms with Crippen LogP contribution >= 0.6 is 11.6 Å². The van der Waals surface area contributed by atoms with Crippen molar-refractivity contribution >= 4 is 29.3 Å². The van der Waals surface area contributed by atoms with E-state index in [2.05, 4.69) is 5.32 Å². The number of anilines is 1. The Kier molecular flexibility index (Phi) is 3.73. The van der Waals surface area contributed by atoms with Gasteiger partial charge in [0.25, 0.3) is 0 Å². The van der Waals surface area contributed by atoms with E-state index in [9.17, 15) is 9.59 Å². The fourth-order valence-electron chi connectivity index (χ4n) is 2.75. The van der Waals surface area contributed by atoms with Gasteiger partial charge in [-0.05, 0) is 31.0 Å². The number of ether oxygens (including phenoxy) is 1. The lowest BCUT2D eigenvalue weighted by molar-refractivity contribution is -0.0219. The summed E-state index contributed by atoms with van der Waals surface area (Å²) >= 11 is 5.88. The number of hydrogen-bond donors (Lipinski definition) is 2. The molecule has 112 valence electrons. The van der Waals surface area contributed by atoms with E-state index in [0.717, 1.165) is 12.8 Å². The van der Waals surface area contributed by atoms with Crippen molar-refractivity contribution < 1.29 is 19.4 Å². The van der Waals surface area contributed by atoms with Crippen LogP contribution in [0, 0.1) is 0 Å². The van der Waals surface area contributed by atoms with E-state index in [1.165, 1.54) is 18.2 Å². The Morgan fingerprint density at radius 2 is 1.95 bits per heavy atom. The molecule has 1 aromatic carbocycles. The molecule has 0 aromatic heterocycles. The molecule has 2 N–H and O–H groups in total. The van der Waals surface area contributed by atoms with Gasteiger partial charge in [0.05, 0.1) is 22.8 Å². The molecule has 0 saturated carbocycles. The quantitative estimate of drug-likeness (QED) is 0.879. The molecule has 2 heterocycles. The zero-order chi connectivity index (χ0) is 15.0. The van der Waals surface area contributed by atoms with Crippen molar-refractivity contribution in [2.45, 2.75) is 25.0 Å². The van der Waals surface area contributed by atoms with Crippen LogP contribution in [0.5, 0.6) is 0 Å². The minimum absolute atomic E-state index is 0.0130. The molecule has 2 atom stereocenters. The highest BCUT2D eigenvalue weighted by molar-refractivity contribution is 6.33. The lowest BCUT2D eigenvalue weighted by atomic mass is 10.2. The molecule has 2 bridgehead atoms. The van der Waals surface area contributed by atoms with Crippen LogP contribution < -0.4 is 5.32 Å². The highest BCUT2D eigenvalue weighted by atomic mass is 35.5. The maximum atomic E-state index is 12.2. The van der Waals surface area contributed by atoms with Crippen molar-refractivity contribution in [3.63, 3.8) is 0 Å². The molecule has 2 unspecified atom stereocenters. The number of fused-ring (bicyclic) bond motifs is 2. The summed E-state index contributed by atoms with van der Waals surface area (Å²) in [5.74, 6) is -1.09. The molecular formula is C14H15ClN2O4. The van der Waals surface area contributed by atoms with Gasteiger partial charge in [-0.2, -0.15) is 0 Å². The normalized spacial score (nSPS) is 24.0. The summed E-state index contributed by atoms with van der Waals surface area (Å²) in [4.78, 5) is 24.8. The van der Waals surface area contributed by atoms with Gasteiger partial charge in [-0.15, -0.1) is 0 Å². The largest absolute Gasteiger partial charge is 0.478 e. The van der Waals surface area contributed by atoms with E-state index in [1.807, 2.05) is 0 Å². The summed E-state index contributed by atoms with van der Waals surface area (Å²) in [5.41, 5.74) is 0.493. The standard InChI is InChI=1S/C14H15ClN2O4/c15-12-5-8(1-4-11(12)13(18)19)16-14(20)17-6-9-2-3-10(7-17)21-9/h1,4-5,9-10H,2-3,6-7H2,(H,16,20)(H,18,19). The minimum Gasteiger partial charge on any atom is -0.478 e. The van der Waals surface area contributed by atoms with Crippen LogP contribution in [0.4, 0.5) is 10.5 Å². The Bertz CT molecular complexity index is 580. The second kappa shape index (κ2) is 5.54. The predicted octanol–water partition coefficient (Wildman–Crippen LogP) is 2.43. The van der Waals surface area contributed by atoms with Crippen molar-refractivity contribution in [3.8, 4) is 0 Å². The number of carbonyl (C=O) groups is 2. The Labute approximate surface area is 126 Å². The van der Waals surface area contributed by atoms with Gasteiger partial charge in [0.15, 0.2) is 0 Å².